The minimum Gasteiger partial charge on any atom is -0.238 e. The number of hydrogen-bond donors (Lipinski definition) is 0. The molecule has 0 spiro atoms. The van der Waals surface area contributed by atoms with E-state index in [2.05, 4.69) is 4.85 Å². The van der Waals surface area contributed by atoms with Gasteiger partial charge in [-0.3, -0.25) is 0 Å². The monoisotopic (exact) mass is 181 g/mol. The quantitative estimate of drug-likeness (QED) is 0.582. The zero-order chi connectivity index (χ0) is 10.0. The van der Waals surface area contributed by atoms with Gasteiger partial charge in [-0.25, -0.2) is 13.6 Å². The van der Waals surface area contributed by atoms with E-state index in [-0.39, 0.29) is 17.2 Å². The van der Waals surface area contributed by atoms with Gasteiger partial charge in [0.2, 0.25) is 0 Å². The Labute approximate surface area is 75.8 Å². The van der Waals surface area contributed by atoms with Gasteiger partial charge in [0.1, 0.15) is 11.6 Å². The Morgan fingerprint density at radius 3 is 2.00 bits per heavy atom. The third-order valence-corrected chi connectivity index (χ3v) is 1.77. The number of nitrogens with zero attached hydrogens (tertiary/aromatic N) is 1. The van der Waals surface area contributed by atoms with Crippen molar-refractivity contribution in [2.24, 2.45) is 0 Å². The second kappa shape index (κ2) is 3.53. The first-order valence-electron chi connectivity index (χ1n) is 3.92. The molecule has 0 saturated heterocycles. The highest BCUT2D eigenvalue weighted by Gasteiger charge is 2.13. The van der Waals surface area contributed by atoms with E-state index in [1.54, 1.807) is 13.8 Å². The van der Waals surface area contributed by atoms with E-state index in [1.807, 2.05) is 0 Å². The molecule has 0 atom stereocenters. The Balaban J connectivity index is 3.33. The summed E-state index contributed by atoms with van der Waals surface area (Å²) >= 11 is 0. The highest BCUT2D eigenvalue weighted by atomic mass is 19.1. The van der Waals surface area contributed by atoms with Crippen LogP contribution in [0.5, 0.6) is 0 Å². The lowest BCUT2D eigenvalue weighted by atomic mass is 10.0. The minimum absolute atomic E-state index is 0.000556. The van der Waals surface area contributed by atoms with Gasteiger partial charge in [-0.15, -0.1) is 0 Å². The molecule has 0 unspecified atom stereocenters. The third-order valence-electron chi connectivity index (χ3n) is 1.77. The van der Waals surface area contributed by atoms with E-state index in [0.29, 0.717) is 0 Å². The van der Waals surface area contributed by atoms with E-state index in [1.165, 1.54) is 0 Å². The second-order valence-corrected chi connectivity index (χ2v) is 3.09. The molecule has 1 aromatic rings. The fraction of sp³-hybridized carbons (Fsp3) is 0.300. The number of halogens is 2. The standard InChI is InChI=1S/C10H9F2N/c1-6(2)10-8(11)4-7(13-3)5-9(10)12/h4-6H,1-2H3. The van der Waals surface area contributed by atoms with Gasteiger partial charge in [-0.1, -0.05) is 13.8 Å². The van der Waals surface area contributed by atoms with Crippen molar-refractivity contribution in [3.05, 3.63) is 40.7 Å². The predicted octanol–water partition coefficient (Wildman–Crippen LogP) is 3.64. The van der Waals surface area contributed by atoms with Crippen LogP contribution in [0.25, 0.3) is 4.85 Å². The van der Waals surface area contributed by atoms with Crippen LogP contribution >= 0.6 is 0 Å². The lowest BCUT2D eigenvalue weighted by molar-refractivity contribution is 0.543. The van der Waals surface area contributed by atoms with Crippen molar-refractivity contribution in [1.29, 1.82) is 0 Å². The van der Waals surface area contributed by atoms with Gasteiger partial charge in [0, 0.05) is 5.56 Å². The zero-order valence-corrected chi connectivity index (χ0v) is 7.44. The van der Waals surface area contributed by atoms with Crippen molar-refractivity contribution in [3.8, 4) is 0 Å². The first-order chi connectivity index (χ1) is 6.06. The molecule has 0 amide bonds. The average molecular weight is 181 g/mol. The van der Waals surface area contributed by atoms with Crippen molar-refractivity contribution in [2.45, 2.75) is 19.8 Å². The van der Waals surface area contributed by atoms with Crippen LogP contribution in [0.1, 0.15) is 25.3 Å². The fourth-order valence-corrected chi connectivity index (χ4v) is 1.19. The van der Waals surface area contributed by atoms with E-state index >= 15 is 0 Å². The highest BCUT2D eigenvalue weighted by Crippen LogP contribution is 2.26. The minimum atomic E-state index is -0.638. The van der Waals surface area contributed by atoms with E-state index in [4.69, 9.17) is 6.57 Å². The van der Waals surface area contributed by atoms with Crippen LogP contribution in [-0.2, 0) is 0 Å². The highest BCUT2D eigenvalue weighted by molar-refractivity contribution is 5.47. The Morgan fingerprint density at radius 1 is 1.23 bits per heavy atom. The van der Waals surface area contributed by atoms with Crippen LogP contribution in [-0.4, -0.2) is 0 Å². The molecule has 68 valence electrons. The van der Waals surface area contributed by atoms with Crippen LogP contribution < -0.4 is 0 Å². The summed E-state index contributed by atoms with van der Waals surface area (Å²) in [5.74, 6) is -1.48. The van der Waals surface area contributed by atoms with Crippen LogP contribution in [0.3, 0.4) is 0 Å². The van der Waals surface area contributed by atoms with Gasteiger partial charge in [0.15, 0.2) is 5.69 Å². The maximum Gasteiger partial charge on any atom is 0.193 e. The fourth-order valence-electron chi connectivity index (χ4n) is 1.19. The summed E-state index contributed by atoms with van der Waals surface area (Å²) in [4.78, 5) is 2.96. The Kier molecular flexibility index (Phi) is 2.62. The van der Waals surface area contributed by atoms with Crippen molar-refractivity contribution in [3.63, 3.8) is 0 Å². The normalized spacial score (nSPS) is 10.2. The molecule has 1 nitrogen and oxygen atoms in total. The third kappa shape index (κ3) is 1.83. The molecule has 0 fully saturated rings. The number of benzene rings is 1. The summed E-state index contributed by atoms with van der Waals surface area (Å²) in [6, 6.07) is 2.12. The average Bonchev–Trinajstić information content (AvgIpc) is 2.02. The summed E-state index contributed by atoms with van der Waals surface area (Å²) in [7, 11) is 0. The summed E-state index contributed by atoms with van der Waals surface area (Å²) in [6.45, 7) is 10.0. The molecule has 1 aromatic carbocycles. The Bertz CT molecular complexity index is 341. The molecule has 0 aliphatic heterocycles. The molecule has 0 radical (unpaired) electrons. The van der Waals surface area contributed by atoms with Gasteiger partial charge in [0.05, 0.1) is 6.57 Å². The van der Waals surface area contributed by atoms with Crippen LogP contribution in [0.15, 0.2) is 12.1 Å². The van der Waals surface area contributed by atoms with Gasteiger partial charge in [-0.05, 0) is 18.1 Å². The summed E-state index contributed by atoms with van der Waals surface area (Å²) in [6.07, 6.45) is 0. The molecule has 0 aromatic heterocycles. The van der Waals surface area contributed by atoms with E-state index in [9.17, 15) is 8.78 Å². The first-order valence-corrected chi connectivity index (χ1v) is 3.92. The topological polar surface area (TPSA) is 4.36 Å². The molecule has 3 heteroatoms. The molecule has 0 aliphatic carbocycles. The van der Waals surface area contributed by atoms with E-state index in [0.717, 1.165) is 12.1 Å². The SMILES string of the molecule is [C-]#[N+]c1cc(F)c(C(C)C)c(F)c1. The van der Waals surface area contributed by atoms with Crippen LogP contribution in [0.4, 0.5) is 14.5 Å². The molecule has 0 heterocycles. The van der Waals surface area contributed by atoms with Crippen molar-refractivity contribution < 1.29 is 8.78 Å². The van der Waals surface area contributed by atoms with Crippen molar-refractivity contribution in [2.75, 3.05) is 0 Å². The molecule has 13 heavy (non-hydrogen) atoms. The maximum absolute atomic E-state index is 13.2. The van der Waals surface area contributed by atoms with Gasteiger partial charge in [-0.2, -0.15) is 0 Å². The molecular formula is C10H9F2N. The van der Waals surface area contributed by atoms with Gasteiger partial charge >= 0.3 is 0 Å². The van der Waals surface area contributed by atoms with Gasteiger partial charge < -0.3 is 0 Å². The van der Waals surface area contributed by atoms with Crippen molar-refractivity contribution in [1.82, 2.24) is 0 Å². The zero-order valence-electron chi connectivity index (χ0n) is 7.44. The molecule has 1 rings (SSSR count). The number of rotatable bonds is 1. The second-order valence-electron chi connectivity index (χ2n) is 3.09. The lowest BCUT2D eigenvalue weighted by Crippen LogP contribution is -1.97. The van der Waals surface area contributed by atoms with Crippen LogP contribution in [0, 0.1) is 18.2 Å². The summed E-state index contributed by atoms with van der Waals surface area (Å²) in [5.41, 5.74) is 0.0480. The Morgan fingerprint density at radius 2 is 1.69 bits per heavy atom. The smallest absolute Gasteiger partial charge is 0.193 e. The Hall–Kier alpha value is -1.43. The predicted molar refractivity (Wildman–Crippen MR) is 46.7 cm³/mol. The van der Waals surface area contributed by atoms with Gasteiger partial charge in [0.25, 0.3) is 0 Å². The lowest BCUT2D eigenvalue weighted by Gasteiger charge is -2.08. The van der Waals surface area contributed by atoms with Crippen LogP contribution in [0.2, 0.25) is 0 Å². The number of hydrogen-bond acceptors (Lipinski definition) is 0. The van der Waals surface area contributed by atoms with E-state index < -0.39 is 11.6 Å². The summed E-state index contributed by atoms with van der Waals surface area (Å²) in [5, 5.41) is 0. The maximum atomic E-state index is 13.2. The molecule has 0 aliphatic rings. The molecular weight excluding hydrogens is 172 g/mol. The largest absolute Gasteiger partial charge is 0.238 e. The molecule has 0 N–H and O–H groups in total. The summed E-state index contributed by atoms with van der Waals surface area (Å²) < 4.78 is 26.3. The molecule has 0 saturated carbocycles. The molecule has 0 bridgehead atoms. The first kappa shape index (κ1) is 9.66. The van der Waals surface area contributed by atoms with Crippen molar-refractivity contribution >= 4 is 5.69 Å².